The summed E-state index contributed by atoms with van der Waals surface area (Å²) in [7, 11) is -2.80. The number of nitrogens with one attached hydrogen (secondary N) is 2. The molecule has 0 atom stereocenters. The zero-order valence-corrected chi connectivity index (χ0v) is 68.7. The number of rotatable bonds is 19. The molecule has 0 fully saturated rings. The molecule has 2 aliphatic heterocycles. The molecule has 13 nitrogen and oxygen atoms in total. The topological polar surface area (TPSA) is 163 Å². The minimum absolute atomic E-state index is 0.144. The van der Waals surface area contributed by atoms with Gasteiger partial charge in [0.1, 0.15) is 22.6 Å². The molecule has 0 unspecified atom stereocenters. The molecule has 11 aromatic rings. The van der Waals surface area contributed by atoms with Gasteiger partial charge < -0.3 is 28.0 Å². The van der Waals surface area contributed by atoms with Gasteiger partial charge in [0.05, 0.1) is 6.61 Å². The summed E-state index contributed by atoms with van der Waals surface area (Å²) in [6.07, 6.45) is 3.09. The Morgan fingerprint density at radius 2 is 0.713 bits per heavy atom. The number of H-pyrrole nitrogens is 2. The van der Waals surface area contributed by atoms with Crippen LogP contribution < -0.4 is 0 Å². The summed E-state index contributed by atoms with van der Waals surface area (Å²) in [5, 5.41) is 3.58. The van der Waals surface area contributed by atoms with Gasteiger partial charge in [-0.25, -0.2) is 29.9 Å². The fourth-order valence-corrected chi connectivity index (χ4v) is 17.6. The van der Waals surface area contributed by atoms with Gasteiger partial charge in [0.25, 0.3) is 0 Å². The van der Waals surface area contributed by atoms with Crippen LogP contribution >= 0.6 is 0 Å². The number of unbranched alkanes of at least 4 members (excludes halogenated alkanes) is 1. The number of esters is 1. The highest BCUT2D eigenvalue weighted by molar-refractivity contribution is 6.60. The number of aromatic nitrogens is 8. The first-order valence-electron chi connectivity index (χ1n) is 39.0. The van der Waals surface area contributed by atoms with Gasteiger partial charge in [-0.15, -0.1) is 0 Å². The molecule has 13 rings (SSSR count). The molecule has 0 aliphatic carbocycles. The van der Waals surface area contributed by atoms with Crippen LogP contribution in [0.25, 0.3) is 134 Å². The highest BCUT2D eigenvalue weighted by Gasteiger charge is 2.40. The van der Waals surface area contributed by atoms with E-state index in [0.717, 1.165) is 100 Å². The number of ether oxygens (including phenoxy) is 1. The van der Waals surface area contributed by atoms with Crippen molar-refractivity contribution in [3.05, 3.63) is 191 Å². The van der Waals surface area contributed by atoms with E-state index in [0.29, 0.717) is 104 Å². The van der Waals surface area contributed by atoms with Gasteiger partial charge in [-0.3, -0.25) is 4.79 Å². The van der Waals surface area contributed by atoms with E-state index in [1.807, 2.05) is 20.8 Å². The Balaban J connectivity index is 1.05. The lowest BCUT2D eigenvalue weighted by atomic mass is 9.78. The number of aryl methyl sites for hydroxylation is 1. The second kappa shape index (κ2) is 29.6. The van der Waals surface area contributed by atoms with Crippen LogP contribution in [0.4, 0.5) is 0 Å². The lowest BCUT2D eigenvalue weighted by Crippen LogP contribution is -2.45. The number of hydrogen-bond acceptors (Lipinski definition) is 11. The normalized spacial score (nSPS) is 13.0. The van der Waals surface area contributed by atoms with E-state index in [4.69, 9.17) is 47.9 Å². The zero-order valence-electron chi connectivity index (χ0n) is 67.7. The van der Waals surface area contributed by atoms with Crippen molar-refractivity contribution in [3.8, 4) is 90.1 Å². The smallest absolute Gasteiger partial charge is 0.466 e. The van der Waals surface area contributed by atoms with Crippen LogP contribution in [0.1, 0.15) is 210 Å². The van der Waals surface area contributed by atoms with Crippen LogP contribution in [0.15, 0.2) is 152 Å². The van der Waals surface area contributed by atoms with E-state index in [1.165, 1.54) is 33.4 Å². The minimum Gasteiger partial charge on any atom is -0.466 e. The minimum atomic E-state index is -2.80. The third kappa shape index (κ3) is 15.9. The van der Waals surface area contributed by atoms with E-state index in [1.54, 1.807) is 0 Å². The van der Waals surface area contributed by atoms with Gasteiger partial charge in [0, 0.05) is 76.1 Å². The van der Waals surface area contributed by atoms with Crippen molar-refractivity contribution >= 4 is 58.9 Å². The van der Waals surface area contributed by atoms with Gasteiger partial charge >= 0.3 is 14.8 Å². The monoisotopic (exact) mass is 1460 g/mol. The van der Waals surface area contributed by atoms with Gasteiger partial charge in [0.2, 0.25) is 0 Å². The summed E-state index contributed by atoms with van der Waals surface area (Å²) in [5.74, 6) is 1.85. The Hall–Kier alpha value is -9.31. The summed E-state index contributed by atoms with van der Waals surface area (Å²) in [6.45, 7) is 48.9. The molecule has 14 heteroatoms. The maximum atomic E-state index is 13.2. The Kier molecular flexibility index (Phi) is 21.1. The molecule has 108 heavy (non-hydrogen) atoms. The Morgan fingerprint density at radius 3 is 1.11 bits per heavy atom. The average Bonchev–Trinajstić information content (AvgIpc) is 1.56. The predicted octanol–water partition coefficient (Wildman–Crippen LogP) is 24.0. The number of carbonyl (C=O) groups is 1. The maximum Gasteiger partial charge on any atom is 0.500 e. The lowest BCUT2D eigenvalue weighted by molar-refractivity contribution is -0.143. The number of benzene rings is 8. The van der Waals surface area contributed by atoms with Crippen LogP contribution in [0.3, 0.4) is 0 Å². The molecule has 0 spiro atoms. The second-order valence-electron chi connectivity index (χ2n) is 35.6. The van der Waals surface area contributed by atoms with Gasteiger partial charge in [0.15, 0.2) is 23.3 Å². The van der Waals surface area contributed by atoms with Crippen molar-refractivity contribution in [2.45, 2.75) is 216 Å². The van der Waals surface area contributed by atoms with E-state index in [2.05, 4.69) is 286 Å². The van der Waals surface area contributed by atoms with Crippen molar-refractivity contribution in [1.82, 2.24) is 39.9 Å². The Labute approximate surface area is 641 Å². The van der Waals surface area contributed by atoms with Gasteiger partial charge in [-0.1, -0.05) is 276 Å². The summed E-state index contributed by atoms with van der Waals surface area (Å²) in [4.78, 5) is 55.5. The van der Waals surface area contributed by atoms with Crippen molar-refractivity contribution in [2.75, 3.05) is 26.4 Å². The SMILES string of the molecule is CCO[Si](CCCCC(=O)OCCCc1cccc(-c2cccc3c2-c2nc-3nc3[nH]c(nc4nc(nc5[nH]c(n2)c2cccc(-c6cc(C(C)(C)C)cc(C(C)(C)C)c6)c52)-c2cccc(-c5cc(C(C)(C)C)cc(C(C)(C)C)c5)c2-4)c2cccc(-c4cc(C(C)(C)C)cc(C(C)(C)C)c4)c32)c1)(OCC)OCC. The Morgan fingerprint density at radius 1 is 0.361 bits per heavy atom. The zero-order chi connectivity index (χ0) is 77.2. The van der Waals surface area contributed by atoms with Gasteiger partial charge in [-0.2, -0.15) is 0 Å². The highest BCUT2D eigenvalue weighted by Crippen LogP contribution is 2.48. The van der Waals surface area contributed by atoms with Crippen molar-refractivity contribution in [1.29, 1.82) is 0 Å². The number of carbonyl (C=O) groups excluding carboxylic acids is 1. The molecule has 0 saturated carbocycles. The van der Waals surface area contributed by atoms with E-state index in [9.17, 15) is 4.79 Å². The van der Waals surface area contributed by atoms with Crippen LogP contribution in [-0.4, -0.2) is 81.1 Å². The average molecular weight is 1460 g/mol. The Bertz CT molecular complexity index is 5250. The maximum absolute atomic E-state index is 13.2. The summed E-state index contributed by atoms with van der Waals surface area (Å²) in [5.41, 5.74) is 21.8. The fourth-order valence-electron chi connectivity index (χ4n) is 14.9. The van der Waals surface area contributed by atoms with Crippen LogP contribution in [0, 0.1) is 0 Å². The number of nitrogens with zero attached hydrogens (tertiary/aromatic N) is 6. The molecule has 2 N–H and O–H groups in total. The molecule has 8 bridgehead atoms. The molecular weight excluding hydrogens is 1350 g/mol. The van der Waals surface area contributed by atoms with Crippen LogP contribution in [-0.2, 0) is 61.7 Å². The summed E-state index contributed by atoms with van der Waals surface area (Å²) < 4.78 is 24.0. The molecule has 3 aromatic heterocycles. The number of hydrogen-bond donors (Lipinski definition) is 2. The molecule has 0 radical (unpaired) electrons. The van der Waals surface area contributed by atoms with Crippen LogP contribution in [0.2, 0.25) is 6.04 Å². The molecule has 0 saturated heterocycles. The largest absolute Gasteiger partial charge is 0.500 e. The first-order valence-corrected chi connectivity index (χ1v) is 41.0. The lowest BCUT2D eigenvalue weighted by Gasteiger charge is -2.28. The molecule has 5 heterocycles. The van der Waals surface area contributed by atoms with E-state index >= 15 is 0 Å². The first-order chi connectivity index (χ1) is 51.0. The van der Waals surface area contributed by atoms with Crippen molar-refractivity contribution in [3.63, 3.8) is 0 Å². The molecule has 2 aliphatic rings. The molecule has 0 amide bonds. The van der Waals surface area contributed by atoms with Gasteiger partial charge in [-0.05, 0) is 162 Å². The first kappa shape index (κ1) is 76.9. The number of fused-ring (bicyclic) bond motifs is 20. The van der Waals surface area contributed by atoms with Crippen molar-refractivity contribution in [2.24, 2.45) is 0 Å². The highest BCUT2D eigenvalue weighted by atomic mass is 28.4. The van der Waals surface area contributed by atoms with E-state index in [-0.39, 0.29) is 38.5 Å². The molecular formula is C94H110N8O5Si. The summed E-state index contributed by atoms with van der Waals surface area (Å²) in [6, 6.07) is 56.5. The van der Waals surface area contributed by atoms with E-state index < -0.39 is 8.80 Å². The predicted molar refractivity (Wildman–Crippen MR) is 449 cm³/mol. The third-order valence-electron chi connectivity index (χ3n) is 21.2. The standard InChI is InChI=1S/C94H110N8O5Si/c1-22-105-108(106-23-2,107-24-3)46-26-25-44-76(103)104-45-32-34-57-33-27-35-58(47-57)68-36-28-40-72-77(68)85-95-81(72)97-86-79-70(60-50-64(91(10,11)12)55-65(51-60)92(13,14)15)38-30-42-74(79)83(99-86)101-88-80-71(61-52-66(93(16,17)18)56-67(53-61)94(19,20)21)39-31-43-75(80)84(102-88)100-87-78-69(37-29-41-73(78)82(96-85)98-87)59-48-62(89(4,5)6)54-63(49-59)90(7,8)9/h27-31,33,35-43,47-56H,22-26,32,34,44-46H2,1-21H3,(H2,95,96,97,98,99,100,101,102). The fraction of sp³-hybridized carbons (Fsp3) is 0.394. The number of aromatic amines is 2. The van der Waals surface area contributed by atoms with Crippen LogP contribution in [0.5, 0.6) is 0 Å². The molecule has 560 valence electrons. The quantitative estimate of drug-likeness (QED) is 0.0450. The second-order valence-corrected chi connectivity index (χ2v) is 38.4. The summed E-state index contributed by atoms with van der Waals surface area (Å²) >= 11 is 0. The molecule has 8 aromatic carbocycles. The van der Waals surface area contributed by atoms with Crippen molar-refractivity contribution < 1.29 is 22.8 Å². The third-order valence-corrected chi connectivity index (χ3v) is 24.3.